The molecule has 0 spiro atoms. The number of halogens is 4. The van der Waals surface area contributed by atoms with Gasteiger partial charge in [-0.3, -0.25) is 4.79 Å². The van der Waals surface area contributed by atoms with Crippen LogP contribution in [0.3, 0.4) is 0 Å². The first-order chi connectivity index (χ1) is 14.5. The summed E-state index contributed by atoms with van der Waals surface area (Å²) in [6.45, 7) is -2.45. The Bertz CT molecular complexity index is 1100. The highest BCUT2D eigenvalue weighted by molar-refractivity contribution is 7.89. The van der Waals surface area contributed by atoms with E-state index >= 15 is 0 Å². The lowest BCUT2D eigenvalue weighted by molar-refractivity contribution is -0.0630. The SMILES string of the molecule is COc1ccc(C(=O)Nc2ccc(F)c(Cl)c2)cc1S(=O)(=O)N1CCOCC(F)(F)C1. The molecule has 1 aliphatic rings. The van der Waals surface area contributed by atoms with E-state index in [2.05, 4.69) is 5.32 Å². The molecule has 0 unspecified atom stereocenters. The number of nitrogens with one attached hydrogen (secondary N) is 1. The van der Waals surface area contributed by atoms with Gasteiger partial charge in [0.15, 0.2) is 0 Å². The highest BCUT2D eigenvalue weighted by Crippen LogP contribution is 2.31. The minimum Gasteiger partial charge on any atom is -0.495 e. The number of hydrogen-bond donors (Lipinski definition) is 1. The van der Waals surface area contributed by atoms with Crippen LogP contribution in [-0.4, -0.2) is 58.0 Å². The van der Waals surface area contributed by atoms with Crippen molar-refractivity contribution in [2.45, 2.75) is 10.8 Å². The Balaban J connectivity index is 1.94. The van der Waals surface area contributed by atoms with Crippen molar-refractivity contribution in [3.63, 3.8) is 0 Å². The molecule has 7 nitrogen and oxygen atoms in total. The molecule has 2 aromatic rings. The third kappa shape index (κ3) is 5.29. The Morgan fingerprint density at radius 2 is 2.00 bits per heavy atom. The number of ether oxygens (including phenoxy) is 2. The Hall–Kier alpha value is -2.34. The van der Waals surface area contributed by atoms with Crippen LogP contribution in [0.1, 0.15) is 10.4 Å². The first-order valence-corrected chi connectivity index (χ1v) is 10.8. The number of benzene rings is 2. The van der Waals surface area contributed by atoms with Crippen LogP contribution in [-0.2, 0) is 14.8 Å². The van der Waals surface area contributed by atoms with Gasteiger partial charge < -0.3 is 14.8 Å². The summed E-state index contributed by atoms with van der Waals surface area (Å²) in [5, 5.41) is 2.26. The van der Waals surface area contributed by atoms with E-state index in [-0.39, 0.29) is 35.2 Å². The molecule has 1 saturated heterocycles. The van der Waals surface area contributed by atoms with E-state index in [1.54, 1.807) is 0 Å². The van der Waals surface area contributed by atoms with Crippen molar-refractivity contribution in [2.75, 3.05) is 38.7 Å². The first kappa shape index (κ1) is 23.3. The van der Waals surface area contributed by atoms with Crippen LogP contribution in [0.15, 0.2) is 41.3 Å². The topological polar surface area (TPSA) is 84.9 Å². The molecule has 2 aromatic carbocycles. The van der Waals surface area contributed by atoms with Crippen LogP contribution in [0.5, 0.6) is 5.75 Å². The zero-order valence-electron chi connectivity index (χ0n) is 16.2. The van der Waals surface area contributed by atoms with Crippen LogP contribution < -0.4 is 10.1 Å². The van der Waals surface area contributed by atoms with E-state index in [1.165, 1.54) is 31.4 Å². The Morgan fingerprint density at radius 1 is 1.26 bits per heavy atom. The van der Waals surface area contributed by atoms with Gasteiger partial charge in [0.2, 0.25) is 10.0 Å². The molecule has 0 bridgehead atoms. The van der Waals surface area contributed by atoms with Crippen LogP contribution in [0, 0.1) is 5.82 Å². The van der Waals surface area contributed by atoms with Gasteiger partial charge in [0.25, 0.3) is 11.8 Å². The standard InChI is InChI=1S/C19H18ClF3N2O5S/c1-29-16-5-2-12(18(26)24-13-3-4-15(21)14(20)9-13)8-17(16)31(27,28)25-6-7-30-11-19(22,23)10-25/h2-5,8-9H,6-7,10-11H2,1H3,(H,24,26). The molecule has 1 heterocycles. The summed E-state index contributed by atoms with van der Waals surface area (Å²) < 4.78 is 77.7. The molecule has 12 heteroatoms. The van der Waals surface area contributed by atoms with Crippen molar-refractivity contribution in [1.82, 2.24) is 4.31 Å². The first-order valence-electron chi connectivity index (χ1n) is 8.94. The zero-order valence-corrected chi connectivity index (χ0v) is 17.8. The number of sulfonamides is 1. The van der Waals surface area contributed by atoms with Crippen molar-refractivity contribution in [3.8, 4) is 5.75 Å². The summed E-state index contributed by atoms with van der Waals surface area (Å²) in [6.07, 6.45) is 0. The number of anilines is 1. The predicted molar refractivity (Wildman–Crippen MR) is 107 cm³/mol. The molecular weight excluding hydrogens is 461 g/mol. The molecule has 0 aromatic heterocycles. The maximum absolute atomic E-state index is 13.9. The van der Waals surface area contributed by atoms with E-state index in [1.807, 2.05) is 0 Å². The molecule has 1 N–H and O–H groups in total. The molecule has 1 amide bonds. The van der Waals surface area contributed by atoms with Gasteiger partial charge in [0.1, 0.15) is 23.1 Å². The minimum atomic E-state index is -4.44. The number of rotatable bonds is 5. The lowest BCUT2D eigenvalue weighted by Crippen LogP contribution is -2.41. The molecule has 1 fully saturated rings. The third-order valence-corrected chi connectivity index (χ3v) is 6.58. The van der Waals surface area contributed by atoms with E-state index in [0.717, 1.165) is 12.1 Å². The highest BCUT2D eigenvalue weighted by atomic mass is 35.5. The maximum Gasteiger partial charge on any atom is 0.284 e. The van der Waals surface area contributed by atoms with Crippen LogP contribution >= 0.6 is 11.6 Å². The zero-order chi connectivity index (χ0) is 22.8. The maximum atomic E-state index is 13.9. The number of methoxy groups -OCH3 is 1. The highest BCUT2D eigenvalue weighted by Gasteiger charge is 2.40. The lowest BCUT2D eigenvalue weighted by atomic mass is 10.2. The molecule has 1 aliphatic heterocycles. The number of alkyl halides is 2. The normalized spacial score (nSPS) is 17.1. The number of carbonyl (C=O) groups excluding carboxylic acids is 1. The molecular formula is C19H18ClF3N2O5S. The summed E-state index contributed by atoms with van der Waals surface area (Å²) in [4.78, 5) is 12.1. The van der Waals surface area contributed by atoms with Crippen molar-refractivity contribution in [3.05, 3.63) is 52.8 Å². The van der Waals surface area contributed by atoms with Gasteiger partial charge in [-0.15, -0.1) is 0 Å². The van der Waals surface area contributed by atoms with Crippen LogP contribution in [0.25, 0.3) is 0 Å². The van der Waals surface area contributed by atoms with Gasteiger partial charge in [-0.2, -0.15) is 4.31 Å². The molecule has 0 atom stereocenters. The van der Waals surface area contributed by atoms with Crippen molar-refractivity contribution in [2.24, 2.45) is 0 Å². The Labute approximate surface area is 181 Å². The largest absolute Gasteiger partial charge is 0.495 e. The van der Waals surface area contributed by atoms with E-state index in [0.29, 0.717) is 4.31 Å². The summed E-state index contributed by atoms with van der Waals surface area (Å²) >= 11 is 5.69. The smallest absolute Gasteiger partial charge is 0.284 e. The minimum absolute atomic E-state index is 0.0855. The second-order valence-electron chi connectivity index (χ2n) is 6.70. The third-order valence-electron chi connectivity index (χ3n) is 4.43. The van der Waals surface area contributed by atoms with Gasteiger partial charge in [0.05, 0.1) is 25.3 Å². The van der Waals surface area contributed by atoms with Crippen molar-refractivity contribution >= 4 is 33.2 Å². The number of amides is 1. The molecule has 0 aliphatic carbocycles. The lowest BCUT2D eigenvalue weighted by Gasteiger charge is -2.23. The quantitative estimate of drug-likeness (QED) is 0.712. The summed E-state index contributed by atoms with van der Waals surface area (Å²) in [6, 6.07) is 7.10. The second-order valence-corrected chi connectivity index (χ2v) is 9.01. The number of carbonyl (C=O) groups is 1. The van der Waals surface area contributed by atoms with E-state index < -0.39 is 45.7 Å². The van der Waals surface area contributed by atoms with Crippen LogP contribution in [0.2, 0.25) is 5.02 Å². The second kappa shape index (κ2) is 9.03. The van der Waals surface area contributed by atoms with Gasteiger partial charge in [-0.25, -0.2) is 21.6 Å². The average molecular weight is 479 g/mol. The van der Waals surface area contributed by atoms with Crippen molar-refractivity contribution < 1.29 is 35.9 Å². The predicted octanol–water partition coefficient (Wildman–Crippen LogP) is 3.40. The molecule has 31 heavy (non-hydrogen) atoms. The molecule has 0 radical (unpaired) electrons. The molecule has 168 valence electrons. The summed E-state index contributed by atoms with van der Waals surface area (Å²) in [7, 11) is -3.23. The van der Waals surface area contributed by atoms with E-state index in [9.17, 15) is 26.4 Å². The summed E-state index contributed by atoms with van der Waals surface area (Å²) in [5.74, 6) is -4.87. The fourth-order valence-electron chi connectivity index (χ4n) is 2.91. The average Bonchev–Trinajstić information content (AvgIpc) is 2.91. The Morgan fingerprint density at radius 3 is 2.68 bits per heavy atom. The van der Waals surface area contributed by atoms with Crippen molar-refractivity contribution in [1.29, 1.82) is 0 Å². The summed E-state index contributed by atoms with van der Waals surface area (Å²) in [5.41, 5.74) is 0.0959. The van der Waals surface area contributed by atoms with Gasteiger partial charge in [0, 0.05) is 17.8 Å². The van der Waals surface area contributed by atoms with Gasteiger partial charge in [-0.05, 0) is 36.4 Å². The fraction of sp³-hybridized carbons (Fsp3) is 0.316. The molecule has 0 saturated carbocycles. The number of hydrogen-bond acceptors (Lipinski definition) is 5. The Kier molecular flexibility index (Phi) is 6.79. The van der Waals surface area contributed by atoms with Gasteiger partial charge >= 0.3 is 0 Å². The fourth-order valence-corrected chi connectivity index (χ4v) is 4.73. The monoisotopic (exact) mass is 478 g/mol. The number of nitrogens with zero attached hydrogens (tertiary/aromatic N) is 1. The molecule has 3 rings (SSSR count). The van der Waals surface area contributed by atoms with E-state index in [4.69, 9.17) is 21.1 Å². The van der Waals surface area contributed by atoms with Gasteiger partial charge in [-0.1, -0.05) is 11.6 Å². The van der Waals surface area contributed by atoms with Crippen LogP contribution in [0.4, 0.5) is 18.9 Å².